The first-order valence-electron chi connectivity index (χ1n) is 19.7. The first kappa shape index (κ1) is 32.3. The van der Waals surface area contributed by atoms with Gasteiger partial charge in [-0.25, -0.2) is 0 Å². The van der Waals surface area contributed by atoms with Gasteiger partial charge < -0.3 is 4.90 Å². The number of thiophene rings is 1. The summed E-state index contributed by atoms with van der Waals surface area (Å²) in [6.45, 7) is 0. The fourth-order valence-corrected chi connectivity index (χ4v) is 11.1. The summed E-state index contributed by atoms with van der Waals surface area (Å²) in [6, 6.07) is 78.8. The molecule has 2 heteroatoms. The molecule has 266 valence electrons. The van der Waals surface area contributed by atoms with Gasteiger partial charge in [0.05, 0.1) is 11.1 Å². The summed E-state index contributed by atoms with van der Waals surface area (Å²) in [5.74, 6) is 0. The van der Waals surface area contributed by atoms with Crippen LogP contribution < -0.4 is 4.90 Å². The van der Waals surface area contributed by atoms with Crippen molar-refractivity contribution in [3.05, 3.63) is 235 Å². The Hall–Kier alpha value is -7.00. The lowest BCUT2D eigenvalue weighted by molar-refractivity contribution is 0.793. The van der Waals surface area contributed by atoms with E-state index in [9.17, 15) is 0 Å². The van der Waals surface area contributed by atoms with Crippen molar-refractivity contribution < 1.29 is 0 Å². The van der Waals surface area contributed by atoms with Crippen molar-refractivity contribution in [3.63, 3.8) is 0 Å². The van der Waals surface area contributed by atoms with Crippen molar-refractivity contribution in [1.82, 2.24) is 0 Å². The number of fused-ring (bicyclic) bond motifs is 13. The summed E-state index contributed by atoms with van der Waals surface area (Å²) >= 11 is 1.87. The Morgan fingerprint density at radius 2 is 0.912 bits per heavy atom. The highest BCUT2D eigenvalue weighted by Crippen LogP contribution is 2.66. The second-order valence-electron chi connectivity index (χ2n) is 15.2. The minimum Gasteiger partial charge on any atom is -0.310 e. The van der Waals surface area contributed by atoms with Crippen LogP contribution in [0, 0.1) is 0 Å². The summed E-state index contributed by atoms with van der Waals surface area (Å²) in [5.41, 5.74) is 18.3. The molecule has 0 bridgehead atoms. The van der Waals surface area contributed by atoms with Crippen LogP contribution in [0.25, 0.3) is 64.7 Å². The molecule has 1 spiro atoms. The molecular formula is C55H35NS. The maximum absolute atomic E-state index is 2.52. The van der Waals surface area contributed by atoms with E-state index in [0.29, 0.717) is 0 Å². The molecule has 1 atom stereocenters. The fourth-order valence-electron chi connectivity index (χ4n) is 9.98. The second-order valence-corrected chi connectivity index (χ2v) is 16.2. The van der Waals surface area contributed by atoms with Crippen molar-refractivity contribution >= 4 is 48.6 Å². The maximum Gasteiger partial charge on any atom is 0.0746 e. The third-order valence-corrected chi connectivity index (χ3v) is 13.4. The van der Waals surface area contributed by atoms with Gasteiger partial charge in [-0.05, 0) is 104 Å². The van der Waals surface area contributed by atoms with Gasteiger partial charge in [0.1, 0.15) is 0 Å². The van der Waals surface area contributed by atoms with Crippen molar-refractivity contribution in [2.75, 3.05) is 4.90 Å². The van der Waals surface area contributed by atoms with Crippen molar-refractivity contribution in [1.29, 1.82) is 0 Å². The molecule has 0 saturated heterocycles. The third-order valence-electron chi connectivity index (χ3n) is 12.3. The highest BCUT2D eigenvalue weighted by molar-refractivity contribution is 7.25. The van der Waals surface area contributed by atoms with Gasteiger partial charge >= 0.3 is 0 Å². The molecule has 0 fully saturated rings. The van der Waals surface area contributed by atoms with Crippen LogP contribution in [0.1, 0.15) is 22.3 Å². The Morgan fingerprint density at radius 3 is 1.72 bits per heavy atom. The third kappa shape index (κ3) is 4.62. The first-order valence-corrected chi connectivity index (χ1v) is 20.5. The summed E-state index contributed by atoms with van der Waals surface area (Å²) in [7, 11) is 0. The lowest BCUT2D eigenvalue weighted by Crippen LogP contribution is -2.28. The van der Waals surface area contributed by atoms with E-state index < -0.39 is 5.41 Å². The average molecular weight is 742 g/mol. The topological polar surface area (TPSA) is 3.24 Å². The largest absolute Gasteiger partial charge is 0.310 e. The normalized spacial score (nSPS) is 14.7. The van der Waals surface area contributed by atoms with Gasteiger partial charge in [-0.1, -0.05) is 170 Å². The van der Waals surface area contributed by atoms with Crippen LogP contribution in [-0.2, 0) is 5.41 Å². The smallest absolute Gasteiger partial charge is 0.0746 e. The van der Waals surface area contributed by atoms with E-state index in [1.165, 1.54) is 92.6 Å². The van der Waals surface area contributed by atoms with Gasteiger partial charge in [0.15, 0.2) is 0 Å². The van der Waals surface area contributed by atoms with E-state index >= 15 is 0 Å². The number of hydrogen-bond acceptors (Lipinski definition) is 2. The van der Waals surface area contributed by atoms with E-state index in [-0.39, 0.29) is 0 Å². The maximum atomic E-state index is 2.52. The number of nitrogens with zero attached hydrogens (tertiary/aromatic N) is 1. The Kier molecular flexibility index (Phi) is 7.08. The molecule has 0 saturated carbocycles. The SMILES string of the molecule is c1ccc(-c2ccc(N(c3ccc4sc5ccccc5c4c3)c3cccc4c3C3(c5ccccc5-4)c4ccccc4-c4c(-c5ccccc5)cccc43)cc2)cc1. The zero-order valence-corrected chi connectivity index (χ0v) is 31.9. The molecule has 0 aliphatic heterocycles. The van der Waals surface area contributed by atoms with E-state index in [2.05, 4.69) is 217 Å². The van der Waals surface area contributed by atoms with Crippen LogP contribution in [0.3, 0.4) is 0 Å². The van der Waals surface area contributed by atoms with Crippen LogP contribution in [-0.4, -0.2) is 0 Å². The van der Waals surface area contributed by atoms with Crippen molar-refractivity contribution in [2.45, 2.75) is 5.41 Å². The lowest BCUT2D eigenvalue weighted by atomic mass is 9.69. The van der Waals surface area contributed by atoms with Gasteiger partial charge in [-0.2, -0.15) is 0 Å². The first-order chi connectivity index (χ1) is 28.3. The van der Waals surface area contributed by atoms with Gasteiger partial charge in [0.2, 0.25) is 0 Å². The van der Waals surface area contributed by atoms with E-state index in [1.807, 2.05) is 11.3 Å². The molecule has 9 aromatic carbocycles. The average Bonchev–Trinajstić information content (AvgIpc) is 3.92. The monoisotopic (exact) mass is 741 g/mol. The number of anilines is 3. The molecule has 57 heavy (non-hydrogen) atoms. The Balaban J connectivity index is 1.17. The van der Waals surface area contributed by atoms with Gasteiger partial charge in [0.25, 0.3) is 0 Å². The molecule has 10 aromatic rings. The fraction of sp³-hybridized carbons (Fsp3) is 0.0182. The Bertz CT molecular complexity index is 3180. The predicted octanol–water partition coefficient (Wildman–Crippen LogP) is 15.2. The Labute approximate surface area is 336 Å². The molecule has 1 nitrogen and oxygen atoms in total. The molecular weight excluding hydrogens is 707 g/mol. The molecule has 0 radical (unpaired) electrons. The summed E-state index contributed by atoms with van der Waals surface area (Å²) < 4.78 is 2.61. The minimum atomic E-state index is -0.541. The van der Waals surface area contributed by atoms with Gasteiger partial charge in [-0.3, -0.25) is 0 Å². The van der Waals surface area contributed by atoms with E-state index in [1.54, 1.807) is 0 Å². The zero-order chi connectivity index (χ0) is 37.5. The molecule has 0 amide bonds. The minimum absolute atomic E-state index is 0.541. The molecule has 1 unspecified atom stereocenters. The van der Waals surface area contributed by atoms with Crippen LogP contribution in [0.2, 0.25) is 0 Å². The quantitative estimate of drug-likeness (QED) is 0.170. The molecule has 12 rings (SSSR count). The second kappa shape index (κ2) is 12.5. The van der Waals surface area contributed by atoms with Crippen LogP contribution >= 0.6 is 11.3 Å². The molecule has 2 aliphatic rings. The number of hydrogen-bond donors (Lipinski definition) is 0. The highest BCUT2D eigenvalue weighted by Gasteiger charge is 2.53. The number of benzene rings is 9. The van der Waals surface area contributed by atoms with Crippen molar-refractivity contribution in [2.24, 2.45) is 0 Å². The van der Waals surface area contributed by atoms with E-state index in [4.69, 9.17) is 0 Å². The van der Waals surface area contributed by atoms with Crippen LogP contribution in [0.5, 0.6) is 0 Å². The predicted molar refractivity (Wildman–Crippen MR) is 241 cm³/mol. The number of rotatable bonds is 5. The zero-order valence-electron chi connectivity index (χ0n) is 31.1. The molecule has 1 heterocycles. The highest BCUT2D eigenvalue weighted by atomic mass is 32.1. The van der Waals surface area contributed by atoms with E-state index in [0.717, 1.165) is 11.4 Å². The molecule has 2 aliphatic carbocycles. The standard InChI is InChI=1S/C55H35NS/c1-3-15-36(16-4-1)37-29-31-39(32-30-37)56(40-33-34-52-46(35-40)43-20-9-12-28-51(43)57-52)50-27-14-23-44-42-19-7-10-24-47(42)55(54(44)50)48-25-11-8-21-45(48)53-41(22-13-26-49(53)55)38-17-5-2-6-18-38/h1-35H. The molecule has 0 N–H and O–H groups in total. The van der Waals surface area contributed by atoms with Gasteiger partial charge in [0, 0.05) is 37.1 Å². The lowest BCUT2D eigenvalue weighted by Gasteiger charge is -2.36. The Morgan fingerprint density at radius 1 is 0.351 bits per heavy atom. The van der Waals surface area contributed by atoms with Gasteiger partial charge in [-0.15, -0.1) is 11.3 Å². The summed E-state index contributed by atoms with van der Waals surface area (Å²) in [6.07, 6.45) is 0. The molecule has 1 aromatic heterocycles. The summed E-state index contributed by atoms with van der Waals surface area (Å²) in [4.78, 5) is 2.52. The van der Waals surface area contributed by atoms with Crippen molar-refractivity contribution in [3.8, 4) is 44.5 Å². The van der Waals surface area contributed by atoms with Crippen LogP contribution in [0.4, 0.5) is 17.1 Å². The van der Waals surface area contributed by atoms with Crippen LogP contribution in [0.15, 0.2) is 212 Å². The summed E-state index contributed by atoms with van der Waals surface area (Å²) in [5, 5.41) is 2.58.